The van der Waals surface area contributed by atoms with Crippen molar-refractivity contribution in [1.82, 2.24) is 0 Å². The molecule has 1 rings (SSSR count). The van der Waals surface area contributed by atoms with Gasteiger partial charge in [0.15, 0.2) is 0 Å². The SMILES string of the molecule is CCC(C=O)=C(C)/C=C\C=C(C)C=CC1=C(C)CCCC1(C)C. The van der Waals surface area contributed by atoms with Gasteiger partial charge in [0.05, 0.1) is 0 Å². The normalized spacial score (nSPS) is 20.3. The quantitative estimate of drug-likeness (QED) is 0.311. The zero-order chi connectivity index (χ0) is 17.5. The summed E-state index contributed by atoms with van der Waals surface area (Å²) in [6.07, 6.45) is 16.2. The molecule has 0 N–H and O–H groups in total. The number of hydrogen-bond acceptors (Lipinski definition) is 1. The van der Waals surface area contributed by atoms with E-state index in [9.17, 15) is 4.79 Å². The third-order valence-corrected chi connectivity index (χ3v) is 4.79. The Morgan fingerprint density at radius 1 is 1.22 bits per heavy atom. The van der Waals surface area contributed by atoms with Gasteiger partial charge in [-0.25, -0.2) is 0 Å². The molecule has 0 aromatic carbocycles. The summed E-state index contributed by atoms with van der Waals surface area (Å²) in [5.74, 6) is 0. The van der Waals surface area contributed by atoms with Gasteiger partial charge in [-0.3, -0.25) is 4.79 Å². The Hall–Kier alpha value is -1.63. The second-order valence-electron chi connectivity index (χ2n) is 7.21. The van der Waals surface area contributed by atoms with Crippen molar-refractivity contribution in [2.75, 3.05) is 0 Å². The number of allylic oxidation sites excluding steroid dienone is 10. The van der Waals surface area contributed by atoms with Crippen molar-refractivity contribution in [2.24, 2.45) is 5.41 Å². The van der Waals surface area contributed by atoms with E-state index in [4.69, 9.17) is 0 Å². The van der Waals surface area contributed by atoms with Crippen LogP contribution >= 0.6 is 0 Å². The highest BCUT2D eigenvalue weighted by atomic mass is 16.1. The Kier molecular flexibility index (Phi) is 7.48. The van der Waals surface area contributed by atoms with Gasteiger partial charge >= 0.3 is 0 Å². The third kappa shape index (κ3) is 5.82. The van der Waals surface area contributed by atoms with E-state index < -0.39 is 0 Å². The maximum Gasteiger partial charge on any atom is 0.146 e. The largest absolute Gasteiger partial charge is 0.298 e. The molecule has 0 aromatic heterocycles. The summed E-state index contributed by atoms with van der Waals surface area (Å²) in [5, 5.41) is 0. The molecule has 0 atom stereocenters. The molecule has 0 saturated heterocycles. The Bertz CT molecular complexity index is 577. The fourth-order valence-corrected chi connectivity index (χ4v) is 3.19. The van der Waals surface area contributed by atoms with Gasteiger partial charge in [0, 0.05) is 0 Å². The lowest BCUT2D eigenvalue weighted by atomic mass is 9.72. The second kappa shape index (κ2) is 8.86. The van der Waals surface area contributed by atoms with Crippen molar-refractivity contribution in [1.29, 1.82) is 0 Å². The Balaban J connectivity index is 2.85. The fraction of sp³-hybridized carbons (Fsp3) is 0.500. The minimum Gasteiger partial charge on any atom is -0.298 e. The number of carbonyl (C=O) groups is 1. The highest BCUT2D eigenvalue weighted by Crippen LogP contribution is 2.40. The Labute approximate surface area is 142 Å². The molecule has 0 saturated carbocycles. The van der Waals surface area contributed by atoms with Gasteiger partial charge in [-0.15, -0.1) is 0 Å². The average molecular weight is 312 g/mol. The highest BCUT2D eigenvalue weighted by molar-refractivity contribution is 5.75. The van der Waals surface area contributed by atoms with Crippen LogP contribution in [0.3, 0.4) is 0 Å². The molecular weight excluding hydrogens is 280 g/mol. The first kappa shape index (κ1) is 19.4. The molecule has 1 nitrogen and oxygen atoms in total. The molecule has 0 aromatic rings. The van der Waals surface area contributed by atoms with Crippen molar-refractivity contribution >= 4 is 6.29 Å². The van der Waals surface area contributed by atoms with Crippen LogP contribution in [-0.4, -0.2) is 6.29 Å². The van der Waals surface area contributed by atoms with Crippen LogP contribution in [0.1, 0.15) is 67.2 Å². The maximum absolute atomic E-state index is 10.9. The number of carbonyl (C=O) groups excluding carboxylic acids is 1. The van der Waals surface area contributed by atoms with Crippen LogP contribution in [0, 0.1) is 5.41 Å². The van der Waals surface area contributed by atoms with Gasteiger partial charge in [0.2, 0.25) is 0 Å². The van der Waals surface area contributed by atoms with Crippen LogP contribution in [0.4, 0.5) is 0 Å². The molecule has 0 aliphatic heterocycles. The van der Waals surface area contributed by atoms with Crippen LogP contribution < -0.4 is 0 Å². The lowest BCUT2D eigenvalue weighted by molar-refractivity contribution is -0.105. The zero-order valence-corrected chi connectivity index (χ0v) is 15.7. The van der Waals surface area contributed by atoms with Crippen molar-refractivity contribution in [2.45, 2.75) is 67.2 Å². The van der Waals surface area contributed by atoms with Gasteiger partial charge in [0.1, 0.15) is 6.29 Å². The Morgan fingerprint density at radius 2 is 1.91 bits per heavy atom. The van der Waals surface area contributed by atoms with Crippen molar-refractivity contribution in [3.05, 3.63) is 58.2 Å². The molecule has 0 radical (unpaired) electrons. The van der Waals surface area contributed by atoms with E-state index in [1.165, 1.54) is 36.0 Å². The third-order valence-electron chi connectivity index (χ3n) is 4.79. The molecule has 0 heterocycles. The van der Waals surface area contributed by atoms with Gasteiger partial charge < -0.3 is 0 Å². The van der Waals surface area contributed by atoms with Crippen LogP contribution in [-0.2, 0) is 4.79 Å². The summed E-state index contributed by atoms with van der Waals surface area (Å²) in [6.45, 7) is 13.1. The molecule has 0 unspecified atom stereocenters. The molecule has 0 fully saturated rings. The van der Waals surface area contributed by atoms with Crippen LogP contribution in [0.25, 0.3) is 0 Å². The topological polar surface area (TPSA) is 17.1 Å². The lowest BCUT2D eigenvalue weighted by Crippen LogP contribution is -2.19. The average Bonchev–Trinajstić information content (AvgIpc) is 2.47. The van der Waals surface area contributed by atoms with Gasteiger partial charge in [-0.1, -0.05) is 62.3 Å². The Morgan fingerprint density at radius 3 is 2.48 bits per heavy atom. The van der Waals surface area contributed by atoms with E-state index in [0.717, 1.165) is 23.9 Å². The van der Waals surface area contributed by atoms with Crippen LogP contribution in [0.2, 0.25) is 0 Å². The second-order valence-corrected chi connectivity index (χ2v) is 7.21. The van der Waals surface area contributed by atoms with Crippen molar-refractivity contribution < 1.29 is 4.79 Å². The minimum absolute atomic E-state index is 0.286. The van der Waals surface area contributed by atoms with Crippen molar-refractivity contribution in [3.8, 4) is 0 Å². The summed E-state index contributed by atoms with van der Waals surface area (Å²) in [7, 11) is 0. The highest BCUT2D eigenvalue weighted by Gasteiger charge is 2.26. The van der Waals surface area contributed by atoms with Gasteiger partial charge in [0.25, 0.3) is 0 Å². The summed E-state index contributed by atoms with van der Waals surface area (Å²) < 4.78 is 0. The molecule has 1 heteroatoms. The van der Waals surface area contributed by atoms with Gasteiger partial charge in [-0.2, -0.15) is 0 Å². The maximum atomic E-state index is 10.9. The predicted octanol–water partition coefficient (Wildman–Crippen LogP) is 6.50. The van der Waals surface area contributed by atoms with E-state index >= 15 is 0 Å². The molecule has 1 aliphatic carbocycles. The van der Waals surface area contributed by atoms with Crippen LogP contribution in [0.5, 0.6) is 0 Å². The molecule has 0 bridgehead atoms. The molecule has 23 heavy (non-hydrogen) atoms. The van der Waals surface area contributed by atoms with E-state index in [1.54, 1.807) is 0 Å². The lowest BCUT2D eigenvalue weighted by Gasteiger charge is -2.32. The number of aldehydes is 1. The molecular formula is C22H32O. The van der Waals surface area contributed by atoms with E-state index in [0.29, 0.717) is 0 Å². The summed E-state index contributed by atoms with van der Waals surface area (Å²) in [5.41, 5.74) is 6.44. The zero-order valence-electron chi connectivity index (χ0n) is 15.7. The first-order chi connectivity index (χ1) is 10.8. The summed E-state index contributed by atoms with van der Waals surface area (Å²) in [6, 6.07) is 0. The monoisotopic (exact) mass is 312 g/mol. The molecule has 0 amide bonds. The number of hydrogen-bond donors (Lipinski definition) is 0. The molecule has 0 spiro atoms. The first-order valence-corrected chi connectivity index (χ1v) is 8.70. The van der Waals surface area contributed by atoms with E-state index in [2.05, 4.69) is 45.9 Å². The van der Waals surface area contributed by atoms with E-state index in [-0.39, 0.29) is 5.41 Å². The fourth-order valence-electron chi connectivity index (χ4n) is 3.19. The number of rotatable bonds is 6. The first-order valence-electron chi connectivity index (χ1n) is 8.70. The van der Waals surface area contributed by atoms with E-state index in [1.807, 2.05) is 26.0 Å². The summed E-state index contributed by atoms with van der Waals surface area (Å²) in [4.78, 5) is 10.9. The molecule has 1 aliphatic rings. The van der Waals surface area contributed by atoms with Crippen LogP contribution in [0.15, 0.2) is 58.2 Å². The van der Waals surface area contributed by atoms with Crippen molar-refractivity contribution in [3.63, 3.8) is 0 Å². The summed E-state index contributed by atoms with van der Waals surface area (Å²) >= 11 is 0. The predicted molar refractivity (Wildman–Crippen MR) is 101 cm³/mol. The molecule has 126 valence electrons. The standard InChI is InChI=1S/C22H32O/c1-7-20(16-23)18(3)11-8-10-17(2)13-14-21-19(4)12-9-15-22(21,5)6/h8,10-11,13-14,16H,7,9,12,15H2,1-6H3/b11-8-,14-13?,17-10?,20-18?. The van der Waals surface area contributed by atoms with Gasteiger partial charge in [-0.05, 0) is 68.6 Å². The smallest absolute Gasteiger partial charge is 0.146 e. The minimum atomic E-state index is 0.286.